The van der Waals surface area contributed by atoms with Gasteiger partial charge in [-0.2, -0.15) is 10.4 Å². The monoisotopic (exact) mass is 226 g/mol. The number of amides is 1. The van der Waals surface area contributed by atoms with Crippen LogP contribution in [0.3, 0.4) is 0 Å². The molecule has 0 atom stereocenters. The highest BCUT2D eigenvalue weighted by Crippen LogP contribution is 2.16. The van der Waals surface area contributed by atoms with E-state index in [1.54, 1.807) is 37.4 Å². The van der Waals surface area contributed by atoms with Gasteiger partial charge in [0.25, 0.3) is 5.91 Å². The van der Waals surface area contributed by atoms with E-state index in [4.69, 9.17) is 5.26 Å². The molecule has 2 rings (SSSR count). The van der Waals surface area contributed by atoms with E-state index in [9.17, 15) is 4.79 Å². The molecule has 0 fully saturated rings. The Balaban J connectivity index is 2.28. The molecule has 1 heterocycles. The maximum atomic E-state index is 12.0. The Labute approximate surface area is 98.3 Å². The first-order valence-corrected chi connectivity index (χ1v) is 5.00. The number of carbonyl (C=O) groups is 1. The van der Waals surface area contributed by atoms with E-state index in [1.165, 1.54) is 11.1 Å². The second-order valence-corrected chi connectivity index (χ2v) is 3.50. The summed E-state index contributed by atoms with van der Waals surface area (Å²) in [5.41, 5.74) is 1.60. The predicted octanol–water partition coefficient (Wildman–Crippen LogP) is 1.56. The Morgan fingerprint density at radius 3 is 2.94 bits per heavy atom. The van der Waals surface area contributed by atoms with Crippen molar-refractivity contribution in [1.82, 2.24) is 10.2 Å². The Kier molecular flexibility index (Phi) is 2.88. The summed E-state index contributed by atoms with van der Waals surface area (Å²) in [5, 5.41) is 15.1. The highest BCUT2D eigenvalue weighted by molar-refractivity contribution is 6.04. The van der Waals surface area contributed by atoms with E-state index in [2.05, 4.69) is 10.2 Å². The van der Waals surface area contributed by atoms with Crippen LogP contribution < -0.4 is 4.90 Å². The third-order valence-corrected chi connectivity index (χ3v) is 2.40. The van der Waals surface area contributed by atoms with Gasteiger partial charge in [-0.3, -0.25) is 9.89 Å². The van der Waals surface area contributed by atoms with Crippen molar-refractivity contribution in [2.75, 3.05) is 11.9 Å². The van der Waals surface area contributed by atoms with Gasteiger partial charge in [0.15, 0.2) is 0 Å². The van der Waals surface area contributed by atoms with E-state index < -0.39 is 0 Å². The molecule has 0 saturated carbocycles. The van der Waals surface area contributed by atoms with Gasteiger partial charge in [-0.1, -0.05) is 6.07 Å². The zero-order chi connectivity index (χ0) is 12.3. The number of nitrogens with one attached hydrogen (secondary N) is 1. The Morgan fingerprint density at radius 2 is 2.29 bits per heavy atom. The summed E-state index contributed by atoms with van der Waals surface area (Å²) in [6.45, 7) is 0. The Morgan fingerprint density at radius 1 is 1.47 bits per heavy atom. The van der Waals surface area contributed by atoms with Gasteiger partial charge in [-0.25, -0.2) is 0 Å². The number of H-pyrrole nitrogens is 1. The molecule has 0 bridgehead atoms. The summed E-state index contributed by atoms with van der Waals surface area (Å²) in [6.07, 6.45) is 1.52. The van der Waals surface area contributed by atoms with Gasteiger partial charge in [-0.15, -0.1) is 0 Å². The van der Waals surface area contributed by atoms with E-state index in [0.717, 1.165) is 0 Å². The number of rotatable bonds is 2. The second kappa shape index (κ2) is 4.49. The lowest BCUT2D eigenvalue weighted by Gasteiger charge is -2.16. The van der Waals surface area contributed by atoms with Gasteiger partial charge in [0.05, 0.1) is 11.6 Å². The molecule has 84 valence electrons. The van der Waals surface area contributed by atoms with Crippen LogP contribution in [0, 0.1) is 11.3 Å². The summed E-state index contributed by atoms with van der Waals surface area (Å²) >= 11 is 0. The Bertz CT molecular complexity index is 568. The molecule has 2 aromatic rings. The molecule has 0 spiro atoms. The molecule has 0 aliphatic carbocycles. The van der Waals surface area contributed by atoms with E-state index in [1.807, 2.05) is 6.07 Å². The maximum Gasteiger partial charge on any atom is 0.276 e. The molecule has 1 amide bonds. The predicted molar refractivity (Wildman–Crippen MR) is 62.5 cm³/mol. The molecule has 0 aliphatic rings. The number of nitrogens with zero attached hydrogens (tertiary/aromatic N) is 3. The zero-order valence-electron chi connectivity index (χ0n) is 9.21. The SMILES string of the molecule is CN(C(=O)c1ccn[nH]1)c1cccc(C#N)c1. The summed E-state index contributed by atoms with van der Waals surface area (Å²) < 4.78 is 0. The van der Waals surface area contributed by atoms with Crippen LogP contribution in [0.15, 0.2) is 36.5 Å². The molecule has 5 heteroatoms. The molecule has 0 unspecified atom stereocenters. The van der Waals surface area contributed by atoms with E-state index >= 15 is 0 Å². The molecule has 1 aromatic heterocycles. The van der Waals surface area contributed by atoms with E-state index in [0.29, 0.717) is 16.9 Å². The van der Waals surface area contributed by atoms with Crippen LogP contribution in [0.2, 0.25) is 0 Å². The summed E-state index contributed by atoms with van der Waals surface area (Å²) in [5.74, 6) is -0.197. The molecular weight excluding hydrogens is 216 g/mol. The summed E-state index contributed by atoms with van der Waals surface area (Å²) in [6, 6.07) is 10.5. The molecule has 0 saturated heterocycles. The van der Waals surface area contributed by atoms with Crippen molar-refractivity contribution in [2.24, 2.45) is 0 Å². The van der Waals surface area contributed by atoms with Crippen molar-refractivity contribution < 1.29 is 4.79 Å². The van der Waals surface area contributed by atoms with Gasteiger partial charge >= 0.3 is 0 Å². The average molecular weight is 226 g/mol. The first kappa shape index (κ1) is 10.9. The van der Waals surface area contributed by atoms with Crippen LogP contribution in [0.1, 0.15) is 16.1 Å². The number of hydrogen-bond acceptors (Lipinski definition) is 3. The lowest BCUT2D eigenvalue weighted by Crippen LogP contribution is -2.26. The topological polar surface area (TPSA) is 72.8 Å². The van der Waals surface area contributed by atoms with Crippen LogP contribution in [0.5, 0.6) is 0 Å². The van der Waals surface area contributed by atoms with Crippen LogP contribution >= 0.6 is 0 Å². The van der Waals surface area contributed by atoms with Crippen LogP contribution in [-0.2, 0) is 0 Å². The number of aromatic nitrogens is 2. The highest BCUT2D eigenvalue weighted by atomic mass is 16.2. The zero-order valence-corrected chi connectivity index (χ0v) is 9.21. The Hall–Kier alpha value is -2.61. The van der Waals surface area contributed by atoms with Crippen LogP contribution in [0.4, 0.5) is 5.69 Å². The molecule has 5 nitrogen and oxygen atoms in total. The van der Waals surface area contributed by atoms with E-state index in [-0.39, 0.29) is 5.91 Å². The van der Waals surface area contributed by atoms with Crippen molar-refractivity contribution in [3.63, 3.8) is 0 Å². The summed E-state index contributed by atoms with van der Waals surface area (Å²) in [4.78, 5) is 13.4. The van der Waals surface area contributed by atoms with Crippen molar-refractivity contribution in [2.45, 2.75) is 0 Å². The van der Waals surface area contributed by atoms with Gasteiger partial charge in [-0.05, 0) is 24.3 Å². The molecule has 1 aromatic carbocycles. The molecule has 1 N–H and O–H groups in total. The smallest absolute Gasteiger partial charge is 0.276 e. The largest absolute Gasteiger partial charge is 0.310 e. The second-order valence-electron chi connectivity index (χ2n) is 3.50. The summed E-state index contributed by atoms with van der Waals surface area (Å²) in [7, 11) is 1.65. The highest BCUT2D eigenvalue weighted by Gasteiger charge is 2.14. The van der Waals surface area contributed by atoms with Gasteiger partial charge in [0, 0.05) is 18.9 Å². The number of aromatic amines is 1. The minimum Gasteiger partial charge on any atom is -0.310 e. The van der Waals surface area contributed by atoms with Gasteiger partial charge in [0.2, 0.25) is 0 Å². The fourth-order valence-electron chi connectivity index (χ4n) is 1.46. The molecule has 17 heavy (non-hydrogen) atoms. The number of nitriles is 1. The van der Waals surface area contributed by atoms with Crippen LogP contribution in [-0.4, -0.2) is 23.2 Å². The number of anilines is 1. The normalized spacial score (nSPS) is 9.65. The van der Waals surface area contributed by atoms with Crippen molar-refractivity contribution >= 4 is 11.6 Å². The lowest BCUT2D eigenvalue weighted by molar-refractivity contribution is 0.0988. The molecule has 0 aliphatic heterocycles. The molecule has 0 radical (unpaired) electrons. The third kappa shape index (κ3) is 2.16. The van der Waals surface area contributed by atoms with Crippen LogP contribution in [0.25, 0.3) is 0 Å². The van der Waals surface area contributed by atoms with Crippen molar-refractivity contribution in [3.8, 4) is 6.07 Å². The maximum absolute atomic E-state index is 12.0. The number of benzene rings is 1. The van der Waals surface area contributed by atoms with Gasteiger partial charge < -0.3 is 4.90 Å². The van der Waals surface area contributed by atoms with Gasteiger partial charge in [0.1, 0.15) is 5.69 Å². The molecular formula is C12H10N4O. The minimum absolute atomic E-state index is 0.197. The standard InChI is InChI=1S/C12H10N4O/c1-16(12(17)11-5-6-14-15-11)10-4-2-3-9(7-10)8-13/h2-7H,1H3,(H,14,15). The quantitative estimate of drug-likeness (QED) is 0.844. The van der Waals surface area contributed by atoms with Crippen molar-refractivity contribution in [1.29, 1.82) is 5.26 Å². The average Bonchev–Trinajstić information content (AvgIpc) is 2.91. The number of hydrogen-bond donors (Lipinski definition) is 1. The number of carbonyl (C=O) groups excluding carboxylic acids is 1. The fraction of sp³-hybridized carbons (Fsp3) is 0.0833. The minimum atomic E-state index is -0.197. The van der Waals surface area contributed by atoms with Crippen molar-refractivity contribution in [3.05, 3.63) is 47.8 Å². The lowest BCUT2D eigenvalue weighted by atomic mass is 10.2. The third-order valence-electron chi connectivity index (χ3n) is 2.40. The fourth-order valence-corrected chi connectivity index (χ4v) is 1.46. The first-order chi connectivity index (χ1) is 8.22. The first-order valence-electron chi connectivity index (χ1n) is 5.00.